The van der Waals surface area contributed by atoms with Crippen molar-refractivity contribution in [3.8, 4) is 0 Å². The van der Waals surface area contributed by atoms with Crippen LogP contribution in [0.25, 0.3) is 10.8 Å². The van der Waals surface area contributed by atoms with Gasteiger partial charge in [0, 0.05) is 22.0 Å². The van der Waals surface area contributed by atoms with Gasteiger partial charge >= 0.3 is 0 Å². The molecule has 0 aliphatic carbocycles. The number of sulfonamides is 2. The first kappa shape index (κ1) is 18.7. The van der Waals surface area contributed by atoms with Crippen LogP contribution < -0.4 is 15.2 Å². The van der Waals surface area contributed by atoms with Crippen molar-refractivity contribution in [2.45, 2.75) is 9.79 Å². The maximum Gasteiger partial charge on any atom is 0.262 e. The third kappa shape index (κ3) is 3.00. The number of rotatable bonds is 4. The number of benzene rings is 3. The van der Waals surface area contributed by atoms with Gasteiger partial charge in [0.15, 0.2) is 0 Å². The zero-order valence-corrected chi connectivity index (χ0v) is 16.3. The second-order valence-corrected chi connectivity index (χ2v) is 9.71. The number of hydrogen-bond donors (Lipinski definition) is 3. The second-order valence-electron chi connectivity index (χ2n) is 6.09. The van der Waals surface area contributed by atoms with Gasteiger partial charge in [-0.25, -0.2) is 22.0 Å². The molecule has 0 radical (unpaired) electrons. The van der Waals surface area contributed by atoms with Crippen molar-refractivity contribution in [1.29, 1.82) is 0 Å². The van der Waals surface area contributed by atoms with Crippen LogP contribution in [0.5, 0.6) is 0 Å². The summed E-state index contributed by atoms with van der Waals surface area (Å²) in [7, 11) is -8.20. The number of hydrogen-bond acceptors (Lipinski definition) is 5. The Labute approximate surface area is 165 Å². The quantitative estimate of drug-likeness (QED) is 0.576. The topological polar surface area (TPSA) is 135 Å². The first-order valence-electron chi connectivity index (χ1n) is 7.80. The highest BCUT2D eigenvalue weighted by molar-refractivity contribution is 7.93. The highest BCUT2D eigenvalue weighted by atomic mass is 35.5. The Hall–Kier alpha value is -2.66. The molecule has 0 aromatic heterocycles. The van der Waals surface area contributed by atoms with Gasteiger partial charge in [0.1, 0.15) is 0 Å². The zero-order chi connectivity index (χ0) is 20.3. The summed E-state index contributed by atoms with van der Waals surface area (Å²) in [5, 5.41) is 8.61. The van der Waals surface area contributed by atoms with E-state index in [0.717, 1.165) is 6.07 Å². The fourth-order valence-electron chi connectivity index (χ4n) is 3.06. The van der Waals surface area contributed by atoms with Crippen molar-refractivity contribution in [2.24, 2.45) is 5.14 Å². The van der Waals surface area contributed by atoms with E-state index in [4.69, 9.17) is 16.7 Å². The van der Waals surface area contributed by atoms with E-state index in [2.05, 4.69) is 10.0 Å². The van der Waals surface area contributed by atoms with Crippen LogP contribution in [-0.4, -0.2) is 22.7 Å². The third-order valence-electron chi connectivity index (χ3n) is 4.29. The van der Waals surface area contributed by atoms with E-state index in [1.54, 1.807) is 18.2 Å². The molecule has 28 heavy (non-hydrogen) atoms. The van der Waals surface area contributed by atoms with E-state index in [0.29, 0.717) is 22.0 Å². The van der Waals surface area contributed by atoms with E-state index >= 15 is 0 Å². The van der Waals surface area contributed by atoms with Gasteiger partial charge in [-0.1, -0.05) is 23.7 Å². The molecule has 4 N–H and O–H groups in total. The number of anilines is 2. The summed E-state index contributed by atoms with van der Waals surface area (Å²) in [6.07, 6.45) is 0. The standard InChI is InChI=1S/C17H12ClN3O5S2/c18-12-5-4-9(27(19,23)24)8-14(12)21-28(25,26)15-7-6-13-16-10(15)2-1-3-11(16)17(22)20-13/h1-8,21H,(H,20,22)(H2,19,23,24). The summed E-state index contributed by atoms with van der Waals surface area (Å²) in [5.41, 5.74) is 0.758. The Kier molecular flexibility index (Phi) is 4.12. The van der Waals surface area contributed by atoms with Gasteiger partial charge in [-0.2, -0.15) is 0 Å². The van der Waals surface area contributed by atoms with Crippen molar-refractivity contribution < 1.29 is 21.6 Å². The van der Waals surface area contributed by atoms with Crippen molar-refractivity contribution in [3.63, 3.8) is 0 Å². The molecule has 0 saturated heterocycles. The molecule has 1 amide bonds. The van der Waals surface area contributed by atoms with E-state index in [1.165, 1.54) is 24.3 Å². The molecule has 1 aliphatic rings. The maximum absolute atomic E-state index is 13.0. The monoisotopic (exact) mass is 437 g/mol. The number of halogens is 1. The minimum atomic E-state index is -4.16. The van der Waals surface area contributed by atoms with Crippen molar-refractivity contribution in [3.05, 3.63) is 59.1 Å². The van der Waals surface area contributed by atoms with Crippen LogP contribution in [0.2, 0.25) is 5.02 Å². The lowest BCUT2D eigenvalue weighted by atomic mass is 10.1. The first-order valence-corrected chi connectivity index (χ1v) is 11.2. The summed E-state index contributed by atoms with van der Waals surface area (Å²) in [4.78, 5) is 11.6. The van der Waals surface area contributed by atoms with Crippen LogP contribution in [0.3, 0.4) is 0 Å². The third-order valence-corrected chi connectivity index (χ3v) is 6.96. The molecule has 0 bridgehead atoms. The summed E-state index contributed by atoms with van der Waals surface area (Å²) in [5.74, 6) is -0.313. The first-order chi connectivity index (χ1) is 13.1. The minimum absolute atomic E-state index is 0.00116. The highest BCUT2D eigenvalue weighted by Crippen LogP contribution is 2.37. The van der Waals surface area contributed by atoms with Crippen LogP contribution in [0.4, 0.5) is 11.4 Å². The molecule has 0 saturated carbocycles. The molecule has 1 aliphatic heterocycles. The van der Waals surface area contributed by atoms with Crippen molar-refractivity contribution in [1.82, 2.24) is 0 Å². The van der Waals surface area contributed by atoms with Crippen LogP contribution in [0, 0.1) is 0 Å². The Morgan fingerprint density at radius 3 is 2.46 bits per heavy atom. The number of nitrogens with two attached hydrogens (primary N) is 1. The predicted molar refractivity (Wildman–Crippen MR) is 106 cm³/mol. The lowest BCUT2D eigenvalue weighted by Crippen LogP contribution is -2.16. The Morgan fingerprint density at radius 1 is 1.00 bits per heavy atom. The zero-order valence-electron chi connectivity index (χ0n) is 13.9. The molecule has 0 unspecified atom stereocenters. The molecule has 0 atom stereocenters. The number of amides is 1. The molecule has 4 rings (SSSR count). The van der Waals surface area contributed by atoms with Crippen LogP contribution in [0.15, 0.2) is 58.3 Å². The van der Waals surface area contributed by atoms with Crippen molar-refractivity contribution in [2.75, 3.05) is 10.0 Å². The van der Waals surface area contributed by atoms with Gasteiger partial charge < -0.3 is 5.32 Å². The molecule has 144 valence electrons. The largest absolute Gasteiger partial charge is 0.321 e. The molecule has 8 nitrogen and oxygen atoms in total. The smallest absolute Gasteiger partial charge is 0.262 e. The van der Waals surface area contributed by atoms with Crippen LogP contribution >= 0.6 is 11.6 Å². The van der Waals surface area contributed by atoms with E-state index in [1.807, 2.05) is 0 Å². The number of primary sulfonamides is 1. The summed E-state index contributed by atoms with van der Waals surface area (Å²) >= 11 is 6.02. The van der Waals surface area contributed by atoms with Gasteiger partial charge in [0.05, 0.1) is 20.5 Å². The second kappa shape index (κ2) is 6.17. The lowest BCUT2D eigenvalue weighted by molar-refractivity contribution is 0.103. The van der Waals surface area contributed by atoms with Crippen LogP contribution in [0.1, 0.15) is 10.4 Å². The molecule has 11 heteroatoms. The van der Waals surface area contributed by atoms with Gasteiger partial charge in [0.25, 0.3) is 15.9 Å². The Bertz CT molecular complexity index is 1390. The van der Waals surface area contributed by atoms with Crippen LogP contribution in [-0.2, 0) is 20.0 Å². The Balaban J connectivity index is 1.86. The summed E-state index contributed by atoms with van der Waals surface area (Å²) in [6, 6.07) is 11.1. The van der Waals surface area contributed by atoms with E-state index in [-0.39, 0.29) is 26.4 Å². The van der Waals surface area contributed by atoms with E-state index in [9.17, 15) is 21.6 Å². The fraction of sp³-hybridized carbons (Fsp3) is 0. The number of nitrogens with one attached hydrogen (secondary N) is 2. The van der Waals surface area contributed by atoms with Gasteiger partial charge in [-0.05, 0) is 36.4 Å². The molecule has 0 spiro atoms. The molecule has 0 fully saturated rings. The normalized spacial score (nSPS) is 13.6. The number of carbonyl (C=O) groups excluding carboxylic acids is 1. The van der Waals surface area contributed by atoms with Gasteiger partial charge in [-0.3, -0.25) is 9.52 Å². The number of carbonyl (C=O) groups is 1. The molecular formula is C17H12ClN3O5S2. The lowest BCUT2D eigenvalue weighted by Gasteiger charge is -2.13. The fourth-order valence-corrected chi connectivity index (χ4v) is 5.09. The molecular weight excluding hydrogens is 426 g/mol. The average molecular weight is 438 g/mol. The SMILES string of the molecule is NS(=O)(=O)c1ccc(Cl)c(NS(=O)(=O)c2ccc3c4c(cccc24)C(=O)N3)c1. The predicted octanol–water partition coefficient (Wildman–Crippen LogP) is 2.51. The maximum atomic E-state index is 13.0. The summed E-state index contributed by atoms with van der Waals surface area (Å²) in [6.45, 7) is 0. The van der Waals surface area contributed by atoms with E-state index < -0.39 is 20.0 Å². The van der Waals surface area contributed by atoms with Gasteiger partial charge in [-0.15, -0.1) is 0 Å². The molecule has 3 aromatic carbocycles. The molecule has 1 heterocycles. The van der Waals surface area contributed by atoms with Crippen molar-refractivity contribution >= 4 is 59.7 Å². The summed E-state index contributed by atoms with van der Waals surface area (Å²) < 4.78 is 51.4. The average Bonchev–Trinajstić information content (AvgIpc) is 2.94. The van der Waals surface area contributed by atoms with Gasteiger partial charge in [0.2, 0.25) is 10.0 Å². The molecule has 3 aromatic rings. The minimum Gasteiger partial charge on any atom is -0.321 e. The highest BCUT2D eigenvalue weighted by Gasteiger charge is 2.27. The Morgan fingerprint density at radius 2 is 1.75 bits per heavy atom.